The molecule has 0 aliphatic carbocycles. The number of rotatable bonds is 8. The first-order valence-electron chi connectivity index (χ1n) is 25.6. The largest absolute Gasteiger partial charge is 0.574 e. The van der Waals surface area contributed by atoms with Crippen LogP contribution < -0.4 is 25.5 Å². The van der Waals surface area contributed by atoms with Crippen molar-refractivity contribution in [2.24, 2.45) is 0 Å². The van der Waals surface area contributed by atoms with Crippen LogP contribution in [0.25, 0.3) is 90.7 Å². The maximum Gasteiger partial charge on any atom is 0.431 e. The van der Waals surface area contributed by atoms with Gasteiger partial charge < -0.3 is 50.9 Å². The standard InChI is InChI=1S/C20H14N3.C14H10N3.C11H13N4.C9H5F3N3.C9H8N3.5Zn/c1-3-9-15(10-4-1)18-19(16-11-5-2-6-12-16)22-23-20(18)17-13-7-8-14-21-17;1-2-6-11(7-3-1)13-10-14(17-16-13)12-8-4-5-9-15-12;1-11(2,3)10-13-9(14-15-10)8-6-4-5-7-12-8;10-9(11,12)8-5-7(14-15-8)6-3-1-2-4-13-6;1-7-6-9(12-11-7)8-4-2-3-5-10-8;;;;;/h1-14H;1-10H;4-7H,1-3H3;1-5H;2-6H,1H3;;;;;/q5*-1;;;;;. The van der Waals surface area contributed by atoms with Gasteiger partial charge in [0.05, 0.1) is 11.4 Å². The predicted molar refractivity (Wildman–Crippen MR) is 306 cm³/mol. The van der Waals surface area contributed by atoms with Gasteiger partial charge >= 0.3 is 6.18 Å². The first kappa shape index (κ1) is 71.8. The summed E-state index contributed by atoms with van der Waals surface area (Å²) in [5.74, 6) is 1.35. The van der Waals surface area contributed by atoms with Crippen LogP contribution in [-0.4, -0.2) is 55.4 Å². The average Bonchev–Trinajstić information content (AvgIpc) is 2.49. The van der Waals surface area contributed by atoms with Crippen LogP contribution in [-0.2, 0) is 109 Å². The molecule has 0 N–H and O–H groups in total. The number of aromatic nitrogens is 16. The third-order valence-electron chi connectivity index (χ3n) is 11.6. The molecule has 0 atom stereocenters. The number of hydrogen-bond donors (Lipinski definition) is 0. The maximum absolute atomic E-state index is 12.2. The van der Waals surface area contributed by atoms with Crippen LogP contribution in [0.5, 0.6) is 0 Å². The molecular weight excluding hydrogens is 1360 g/mol. The molecule has 87 heavy (non-hydrogen) atoms. The van der Waals surface area contributed by atoms with E-state index in [0.29, 0.717) is 11.5 Å². The minimum Gasteiger partial charge on any atom is -0.574 e. The predicted octanol–water partition coefficient (Wildman–Crippen LogP) is 12.5. The molecule has 0 bridgehead atoms. The summed E-state index contributed by atoms with van der Waals surface area (Å²) < 4.78 is 36.6. The molecule has 10 heterocycles. The molecule has 24 heteroatoms. The zero-order valence-corrected chi connectivity index (χ0v) is 63.1. The number of pyridine rings is 5. The van der Waals surface area contributed by atoms with Crippen molar-refractivity contribution in [3.63, 3.8) is 0 Å². The maximum atomic E-state index is 12.2. The van der Waals surface area contributed by atoms with Crippen LogP contribution in [0.4, 0.5) is 13.2 Å². The van der Waals surface area contributed by atoms with Gasteiger partial charge in [0.25, 0.3) is 0 Å². The van der Waals surface area contributed by atoms with Crippen LogP contribution in [0.2, 0.25) is 0 Å². The summed E-state index contributed by atoms with van der Waals surface area (Å²) in [6.07, 6.45) is 4.03. The van der Waals surface area contributed by atoms with Crippen molar-refractivity contribution in [1.29, 1.82) is 0 Å². The molecule has 0 unspecified atom stereocenters. The van der Waals surface area contributed by atoms with Gasteiger partial charge in [-0.2, -0.15) is 13.2 Å². The second-order valence-electron chi connectivity index (χ2n) is 18.8. The number of hydrogen-bond acceptors (Lipinski definition) is 11. The summed E-state index contributed by atoms with van der Waals surface area (Å²) in [4.78, 5) is 25.3. The third-order valence-corrected chi connectivity index (χ3v) is 11.6. The van der Waals surface area contributed by atoms with Crippen LogP contribution >= 0.6 is 0 Å². The SMILES string of the molecule is CC(C)(C)c1n[n-]c(-c2ccccn2)n1.Cc1cc(-c2ccccn2)[n-]n1.FC(F)(F)c1cc(-c2ccccn2)[n-]n1.[Zn].[Zn].[Zn].[Zn].[Zn].c1ccc(-c2cc(-c3ccccn3)[n-]n2)cc1.c1ccc(-c2n[n-]c(-c3ccccn3)c2-c2ccccc2)cc1. The molecule has 13 rings (SSSR count). The van der Waals surface area contributed by atoms with Gasteiger partial charge in [-0.25, -0.2) is 0 Å². The van der Waals surface area contributed by atoms with Crippen molar-refractivity contribution in [3.8, 4) is 90.7 Å². The van der Waals surface area contributed by atoms with E-state index in [2.05, 4.69) is 126 Å². The Labute approximate surface area is 565 Å². The van der Waals surface area contributed by atoms with Crippen molar-refractivity contribution in [2.75, 3.05) is 0 Å². The van der Waals surface area contributed by atoms with Crippen LogP contribution in [0.15, 0.2) is 231 Å². The van der Waals surface area contributed by atoms with E-state index < -0.39 is 11.9 Å². The van der Waals surface area contributed by atoms with Gasteiger partial charge in [0.2, 0.25) is 0 Å². The van der Waals surface area contributed by atoms with Gasteiger partial charge in [0.1, 0.15) is 5.69 Å². The van der Waals surface area contributed by atoms with Crippen molar-refractivity contribution < 1.29 is 111 Å². The van der Waals surface area contributed by atoms with Crippen LogP contribution in [0.1, 0.15) is 38.0 Å². The summed E-state index contributed by atoms with van der Waals surface area (Å²) in [6.45, 7) is 8.10. The first-order valence-corrected chi connectivity index (χ1v) is 25.6. The summed E-state index contributed by atoms with van der Waals surface area (Å²) in [5, 5.41) is 39.6. The number of halogens is 3. The zero-order valence-electron chi connectivity index (χ0n) is 48.3. The zero-order chi connectivity index (χ0) is 57.2. The fourth-order valence-electron chi connectivity index (χ4n) is 7.62. The Morgan fingerprint density at radius 1 is 0.356 bits per heavy atom. The molecule has 0 radical (unpaired) electrons. The Hall–Kier alpha value is -7.70. The van der Waals surface area contributed by atoms with Gasteiger partial charge in [-0.3, -0.25) is 30.0 Å². The smallest absolute Gasteiger partial charge is 0.431 e. The minimum atomic E-state index is -4.46. The van der Waals surface area contributed by atoms with Crippen molar-refractivity contribution in [3.05, 3.63) is 248 Å². The van der Waals surface area contributed by atoms with E-state index in [9.17, 15) is 13.2 Å². The molecule has 16 nitrogen and oxygen atoms in total. The van der Waals surface area contributed by atoms with Crippen molar-refractivity contribution >= 4 is 0 Å². The Morgan fingerprint density at radius 2 is 0.770 bits per heavy atom. The normalized spacial score (nSPS) is 10.2. The van der Waals surface area contributed by atoms with Crippen LogP contribution in [0, 0.1) is 6.92 Å². The van der Waals surface area contributed by atoms with Gasteiger partial charge in [-0.05, 0) is 108 Å². The van der Waals surface area contributed by atoms with E-state index in [1.807, 2.05) is 159 Å². The summed E-state index contributed by atoms with van der Waals surface area (Å²) in [6, 6.07) is 63.0. The molecular formula is C63H50F3N16Zn5-5. The molecule has 0 saturated heterocycles. The van der Waals surface area contributed by atoms with E-state index >= 15 is 0 Å². The number of alkyl halides is 3. The summed E-state index contributed by atoms with van der Waals surface area (Å²) >= 11 is 0. The second-order valence-corrected chi connectivity index (χ2v) is 18.8. The minimum absolute atomic E-state index is 0. The summed E-state index contributed by atoms with van der Waals surface area (Å²) in [5.41, 5.74) is 12.2. The Kier molecular flexibility index (Phi) is 29.0. The van der Waals surface area contributed by atoms with Gasteiger partial charge in [-0.1, -0.05) is 171 Å². The van der Waals surface area contributed by atoms with Crippen molar-refractivity contribution in [2.45, 2.75) is 39.3 Å². The molecule has 418 valence electrons. The Bertz CT molecular complexity index is 3770. The van der Waals surface area contributed by atoms with E-state index in [1.54, 1.807) is 43.0 Å². The number of benzene rings is 3. The molecule has 3 aromatic carbocycles. The first-order chi connectivity index (χ1) is 39.9. The van der Waals surface area contributed by atoms with E-state index in [-0.39, 0.29) is 108 Å². The van der Waals surface area contributed by atoms with Gasteiger partial charge in [0, 0.05) is 174 Å². The fraction of sp³-hybridized carbons (Fsp3) is 0.0952. The second kappa shape index (κ2) is 35.2. The van der Waals surface area contributed by atoms with Gasteiger partial charge in [0.15, 0.2) is 0 Å². The topological polar surface area (TPSA) is 212 Å². The Morgan fingerprint density at radius 3 is 1.20 bits per heavy atom. The van der Waals surface area contributed by atoms with Crippen molar-refractivity contribution in [1.82, 2.24) is 80.9 Å². The summed E-state index contributed by atoms with van der Waals surface area (Å²) in [7, 11) is 0. The molecule has 0 saturated carbocycles. The van der Waals surface area contributed by atoms with Crippen LogP contribution in [0.3, 0.4) is 0 Å². The number of nitrogens with zero attached hydrogens (tertiary/aromatic N) is 16. The molecule has 0 aliphatic rings. The van der Waals surface area contributed by atoms with E-state index in [4.69, 9.17) is 0 Å². The molecule has 0 spiro atoms. The van der Waals surface area contributed by atoms with E-state index in [1.165, 1.54) is 6.20 Å². The quantitative estimate of drug-likeness (QED) is 0.129. The molecule has 13 aromatic rings. The monoisotopic (exact) mass is 1410 g/mol. The number of aryl methyl sites for hydroxylation is 1. The molecule has 10 aromatic heterocycles. The molecule has 0 fully saturated rings. The van der Waals surface area contributed by atoms with Gasteiger partial charge in [-0.15, -0.1) is 0 Å². The fourth-order valence-corrected chi connectivity index (χ4v) is 7.62. The van der Waals surface area contributed by atoms with E-state index in [0.717, 1.165) is 91.1 Å². The molecule has 0 amide bonds. The third kappa shape index (κ3) is 20.4. The Balaban J connectivity index is 0.000000233. The average molecular weight is 1420 g/mol. The molecule has 0 aliphatic heterocycles.